The number of urea groups is 1. The predicted octanol–water partition coefficient (Wildman–Crippen LogP) is 5.12. The highest BCUT2D eigenvalue weighted by Gasteiger charge is 2.42. The van der Waals surface area contributed by atoms with Crippen LogP contribution in [0.2, 0.25) is 0 Å². The summed E-state index contributed by atoms with van der Waals surface area (Å²) in [5.41, 5.74) is 6.25. The van der Waals surface area contributed by atoms with Crippen molar-refractivity contribution < 1.29 is 27.9 Å². The Morgan fingerprint density at radius 1 is 1.08 bits per heavy atom. The molecule has 3 aromatic rings. The topological polar surface area (TPSA) is 91.6 Å². The van der Waals surface area contributed by atoms with Gasteiger partial charge in [-0.25, -0.2) is 9.48 Å². The maximum atomic E-state index is 13.2. The van der Waals surface area contributed by atoms with Crippen LogP contribution in [0.1, 0.15) is 59.9 Å². The van der Waals surface area contributed by atoms with Gasteiger partial charge in [0.1, 0.15) is 5.52 Å². The van der Waals surface area contributed by atoms with Gasteiger partial charge >= 0.3 is 18.2 Å². The molecule has 5 rings (SSSR count). The van der Waals surface area contributed by atoms with Gasteiger partial charge in [0.15, 0.2) is 0 Å². The van der Waals surface area contributed by atoms with E-state index in [1.165, 1.54) is 4.90 Å². The van der Waals surface area contributed by atoms with Crippen molar-refractivity contribution >= 4 is 23.0 Å². The van der Waals surface area contributed by atoms with E-state index in [0.717, 1.165) is 38.9 Å². The minimum absolute atomic E-state index is 0.0730. The Kier molecular flexibility index (Phi) is 7.26. The lowest BCUT2D eigenvalue weighted by atomic mass is 9.83. The molecule has 0 aliphatic carbocycles. The summed E-state index contributed by atoms with van der Waals surface area (Å²) >= 11 is 0. The number of alkyl halides is 3. The van der Waals surface area contributed by atoms with Gasteiger partial charge in [-0.15, -0.1) is 5.10 Å². The number of carboxylic acid groups (broad SMARTS) is 1. The van der Waals surface area contributed by atoms with E-state index in [2.05, 4.69) is 10.3 Å². The number of hydrogen-bond acceptors (Lipinski definition) is 4. The maximum absolute atomic E-state index is 13.2. The van der Waals surface area contributed by atoms with Gasteiger partial charge in [0, 0.05) is 38.6 Å². The van der Waals surface area contributed by atoms with E-state index >= 15 is 0 Å². The van der Waals surface area contributed by atoms with Crippen LogP contribution >= 0.6 is 0 Å². The molecule has 8 nitrogen and oxygen atoms in total. The lowest BCUT2D eigenvalue weighted by Crippen LogP contribution is -2.49. The monoisotopic (exact) mass is 543 g/mol. The fourth-order valence-corrected chi connectivity index (χ4v) is 5.93. The Labute approximate surface area is 224 Å². The van der Waals surface area contributed by atoms with Crippen molar-refractivity contribution in [2.75, 3.05) is 19.6 Å². The van der Waals surface area contributed by atoms with E-state index in [1.807, 2.05) is 44.2 Å². The number of carbonyl (C=O) groups is 2. The van der Waals surface area contributed by atoms with Gasteiger partial charge in [-0.2, -0.15) is 13.2 Å². The molecule has 2 aliphatic rings. The Morgan fingerprint density at radius 2 is 1.82 bits per heavy atom. The standard InChI is InChI=1S/C28H32F3N5O3/c1-3-36-24-7-6-22(17(2)26(24)32-33-36)23(15-25(37)38)19-5-4-18-8-11-35(16-20(18)14-19)27(39)34-12-9-21(10-13-34)28(29,30)31/h4-7,14,21,23H,3,8-13,15-16H2,1-2H3,(H,37,38). The number of hydrogen-bond donors (Lipinski definition) is 1. The molecule has 0 spiro atoms. The van der Waals surface area contributed by atoms with Crippen molar-refractivity contribution in [3.63, 3.8) is 0 Å². The molecule has 2 aromatic carbocycles. The molecule has 0 saturated carbocycles. The first-order valence-corrected chi connectivity index (χ1v) is 13.3. The zero-order chi connectivity index (χ0) is 27.9. The molecule has 208 valence electrons. The Balaban J connectivity index is 1.39. The summed E-state index contributed by atoms with van der Waals surface area (Å²) in [6.07, 6.45) is -3.84. The maximum Gasteiger partial charge on any atom is 0.391 e. The largest absolute Gasteiger partial charge is 0.481 e. The number of likely N-dealkylation sites (tertiary alicyclic amines) is 1. The summed E-state index contributed by atoms with van der Waals surface area (Å²) in [4.78, 5) is 28.3. The summed E-state index contributed by atoms with van der Waals surface area (Å²) in [5.74, 6) is -2.70. The average Bonchev–Trinajstić information content (AvgIpc) is 3.35. The zero-order valence-corrected chi connectivity index (χ0v) is 22.0. The van der Waals surface area contributed by atoms with Crippen LogP contribution in [0, 0.1) is 12.8 Å². The highest BCUT2D eigenvalue weighted by molar-refractivity contribution is 5.80. The van der Waals surface area contributed by atoms with Crippen molar-refractivity contribution in [1.29, 1.82) is 0 Å². The van der Waals surface area contributed by atoms with Crippen LogP contribution in [0.15, 0.2) is 30.3 Å². The first-order valence-electron chi connectivity index (χ1n) is 13.3. The molecule has 1 unspecified atom stereocenters. The molecule has 3 heterocycles. The van der Waals surface area contributed by atoms with Gasteiger partial charge in [0.2, 0.25) is 0 Å². The van der Waals surface area contributed by atoms with E-state index in [-0.39, 0.29) is 38.4 Å². The molecule has 1 aromatic heterocycles. The number of rotatable bonds is 5. The van der Waals surface area contributed by atoms with Crippen LogP contribution in [-0.2, 0) is 24.3 Å². The number of piperidine rings is 1. The van der Waals surface area contributed by atoms with Crippen LogP contribution in [0.4, 0.5) is 18.0 Å². The molecule has 2 amide bonds. The quantitative estimate of drug-likeness (QED) is 0.483. The number of aromatic nitrogens is 3. The molecule has 1 saturated heterocycles. The second kappa shape index (κ2) is 10.5. The van der Waals surface area contributed by atoms with Gasteiger partial charge in [0.25, 0.3) is 0 Å². The van der Waals surface area contributed by atoms with E-state index in [4.69, 9.17) is 0 Å². The van der Waals surface area contributed by atoms with Crippen molar-refractivity contribution in [2.45, 2.75) is 64.7 Å². The molecule has 0 radical (unpaired) electrons. The summed E-state index contributed by atoms with van der Waals surface area (Å²) in [6.45, 7) is 5.61. The van der Waals surface area contributed by atoms with Gasteiger partial charge in [-0.05, 0) is 67.0 Å². The average molecular weight is 544 g/mol. The van der Waals surface area contributed by atoms with Crippen LogP contribution in [0.3, 0.4) is 0 Å². The number of halogens is 3. The number of carbonyl (C=O) groups excluding carboxylic acids is 1. The first kappa shape index (κ1) is 27.0. The summed E-state index contributed by atoms with van der Waals surface area (Å²) in [7, 11) is 0. The second-order valence-corrected chi connectivity index (χ2v) is 10.5. The number of aliphatic carboxylic acids is 1. The number of aryl methyl sites for hydroxylation is 2. The Bertz CT molecular complexity index is 1400. The number of carboxylic acids is 1. The number of benzene rings is 2. The molecule has 1 fully saturated rings. The third kappa shape index (κ3) is 5.31. The molecule has 0 bridgehead atoms. The predicted molar refractivity (Wildman–Crippen MR) is 138 cm³/mol. The molecular formula is C28H32F3N5O3. The van der Waals surface area contributed by atoms with Crippen molar-refractivity contribution in [3.05, 3.63) is 58.1 Å². The number of nitrogens with zero attached hydrogens (tertiary/aromatic N) is 5. The molecule has 11 heteroatoms. The van der Waals surface area contributed by atoms with Crippen molar-refractivity contribution in [2.24, 2.45) is 5.92 Å². The van der Waals surface area contributed by atoms with E-state index < -0.39 is 24.0 Å². The van der Waals surface area contributed by atoms with E-state index in [9.17, 15) is 27.9 Å². The minimum Gasteiger partial charge on any atom is -0.481 e. The molecule has 39 heavy (non-hydrogen) atoms. The smallest absolute Gasteiger partial charge is 0.391 e. The van der Waals surface area contributed by atoms with Gasteiger partial charge < -0.3 is 14.9 Å². The van der Waals surface area contributed by atoms with Crippen LogP contribution in [0.25, 0.3) is 11.0 Å². The Hall–Kier alpha value is -3.63. The summed E-state index contributed by atoms with van der Waals surface area (Å²) in [6, 6.07) is 9.56. The summed E-state index contributed by atoms with van der Waals surface area (Å²) in [5, 5.41) is 18.3. The van der Waals surface area contributed by atoms with Gasteiger partial charge in [-0.3, -0.25) is 4.79 Å². The number of amides is 2. The lowest BCUT2D eigenvalue weighted by Gasteiger charge is -2.38. The van der Waals surface area contributed by atoms with Crippen LogP contribution < -0.4 is 0 Å². The zero-order valence-electron chi connectivity index (χ0n) is 22.0. The minimum atomic E-state index is -4.22. The molecule has 2 aliphatic heterocycles. The third-order valence-corrected chi connectivity index (χ3v) is 8.18. The van der Waals surface area contributed by atoms with Crippen LogP contribution in [0.5, 0.6) is 0 Å². The van der Waals surface area contributed by atoms with Crippen molar-refractivity contribution in [3.8, 4) is 0 Å². The third-order valence-electron chi connectivity index (χ3n) is 8.18. The fraction of sp³-hybridized carbons (Fsp3) is 0.500. The summed E-state index contributed by atoms with van der Waals surface area (Å²) < 4.78 is 41.0. The van der Waals surface area contributed by atoms with E-state index in [0.29, 0.717) is 26.1 Å². The Morgan fingerprint density at radius 3 is 2.49 bits per heavy atom. The van der Waals surface area contributed by atoms with Crippen molar-refractivity contribution in [1.82, 2.24) is 24.8 Å². The molecular weight excluding hydrogens is 511 g/mol. The lowest BCUT2D eigenvalue weighted by molar-refractivity contribution is -0.183. The second-order valence-electron chi connectivity index (χ2n) is 10.5. The highest BCUT2D eigenvalue weighted by Crippen LogP contribution is 2.36. The normalized spacial score (nSPS) is 17.4. The fourth-order valence-electron chi connectivity index (χ4n) is 5.93. The molecule has 1 N–H and O–H groups in total. The highest BCUT2D eigenvalue weighted by atomic mass is 19.4. The number of fused-ring (bicyclic) bond motifs is 2. The van der Waals surface area contributed by atoms with Gasteiger partial charge in [-0.1, -0.05) is 29.5 Å². The van der Waals surface area contributed by atoms with E-state index in [1.54, 1.807) is 9.58 Å². The first-order chi connectivity index (χ1) is 18.6. The SMILES string of the molecule is CCn1nnc2c(C)c(C(CC(=O)O)c3ccc4c(c3)CN(C(=O)N3CCC(C(F)(F)F)CC3)CC4)ccc21. The van der Waals surface area contributed by atoms with Gasteiger partial charge in [0.05, 0.1) is 17.9 Å². The molecule has 1 atom stereocenters. The van der Waals surface area contributed by atoms with Crippen LogP contribution in [-0.4, -0.2) is 67.7 Å².